The molecule has 1 radical (unpaired) electrons. The van der Waals surface area contributed by atoms with Crippen molar-refractivity contribution in [3.63, 3.8) is 0 Å². The standard InChI is InChI=1S/C8H14NO2/c1-2-4-8(11)7(9)5-3-6-10/h7H,2-5,9H2,1H3. The van der Waals surface area contributed by atoms with Gasteiger partial charge in [0.2, 0.25) is 0 Å². The first-order valence-corrected chi connectivity index (χ1v) is 3.85. The van der Waals surface area contributed by atoms with Crippen molar-refractivity contribution in [2.45, 2.75) is 38.6 Å². The maximum Gasteiger partial charge on any atom is 0.198 e. The Labute approximate surface area is 67.0 Å². The topological polar surface area (TPSA) is 60.2 Å². The van der Waals surface area contributed by atoms with E-state index in [0.717, 1.165) is 6.42 Å². The number of Topliss-reactive ketones (excluding diaryl/α,β-unsaturated/α-hetero) is 1. The quantitative estimate of drug-likeness (QED) is 0.611. The van der Waals surface area contributed by atoms with Gasteiger partial charge in [-0.2, -0.15) is 0 Å². The zero-order valence-corrected chi connectivity index (χ0v) is 6.80. The zero-order valence-electron chi connectivity index (χ0n) is 6.80. The van der Waals surface area contributed by atoms with E-state index in [4.69, 9.17) is 5.73 Å². The zero-order chi connectivity index (χ0) is 8.69. The molecule has 0 bridgehead atoms. The lowest BCUT2D eigenvalue weighted by molar-refractivity contribution is -0.120. The number of nitrogens with two attached hydrogens (primary N) is 1. The predicted octanol–water partition coefficient (Wildman–Crippen LogP) is 0.573. The van der Waals surface area contributed by atoms with Crippen LogP contribution in [0.15, 0.2) is 0 Å². The summed E-state index contributed by atoms with van der Waals surface area (Å²) in [6.45, 7) is 1.93. The third-order valence-corrected chi connectivity index (χ3v) is 1.47. The highest BCUT2D eigenvalue weighted by atomic mass is 16.1. The number of carbonyl (C=O) groups excluding carboxylic acids is 2. The normalized spacial score (nSPS) is 12.5. The Morgan fingerprint density at radius 3 is 2.73 bits per heavy atom. The molecule has 1 unspecified atom stereocenters. The second kappa shape index (κ2) is 6.04. The summed E-state index contributed by atoms with van der Waals surface area (Å²) in [4.78, 5) is 20.8. The monoisotopic (exact) mass is 156 g/mol. The third-order valence-electron chi connectivity index (χ3n) is 1.47. The van der Waals surface area contributed by atoms with Crippen molar-refractivity contribution in [3.05, 3.63) is 0 Å². The van der Waals surface area contributed by atoms with Crippen LogP contribution in [0.4, 0.5) is 0 Å². The first-order chi connectivity index (χ1) is 5.22. The van der Waals surface area contributed by atoms with Crippen molar-refractivity contribution in [1.82, 2.24) is 0 Å². The maximum atomic E-state index is 11.0. The highest BCUT2D eigenvalue weighted by Gasteiger charge is 2.10. The molecule has 0 spiro atoms. The van der Waals surface area contributed by atoms with E-state index in [1.54, 1.807) is 6.29 Å². The molecule has 0 fully saturated rings. The second-order valence-electron chi connectivity index (χ2n) is 2.51. The van der Waals surface area contributed by atoms with E-state index in [-0.39, 0.29) is 12.2 Å². The molecule has 0 rings (SSSR count). The van der Waals surface area contributed by atoms with Gasteiger partial charge >= 0.3 is 0 Å². The molecule has 2 N–H and O–H groups in total. The summed E-state index contributed by atoms with van der Waals surface area (Å²) >= 11 is 0. The maximum absolute atomic E-state index is 11.0. The number of hydrogen-bond donors (Lipinski definition) is 1. The molecule has 0 aliphatic heterocycles. The van der Waals surface area contributed by atoms with E-state index in [1.165, 1.54) is 0 Å². The molecule has 0 amide bonds. The van der Waals surface area contributed by atoms with Crippen LogP contribution >= 0.6 is 0 Å². The molecular formula is C8H14NO2. The molecule has 3 heteroatoms. The van der Waals surface area contributed by atoms with E-state index >= 15 is 0 Å². The Balaban J connectivity index is 3.54. The molecule has 63 valence electrons. The summed E-state index contributed by atoms with van der Waals surface area (Å²) in [6.07, 6.45) is 3.74. The molecule has 0 aromatic carbocycles. The summed E-state index contributed by atoms with van der Waals surface area (Å²) in [5, 5.41) is 0. The number of rotatable bonds is 6. The van der Waals surface area contributed by atoms with Crippen LogP contribution in [-0.2, 0) is 9.59 Å². The minimum absolute atomic E-state index is 0.0442. The van der Waals surface area contributed by atoms with Crippen molar-refractivity contribution >= 4 is 12.1 Å². The fourth-order valence-electron chi connectivity index (χ4n) is 0.807. The van der Waals surface area contributed by atoms with Gasteiger partial charge in [0.25, 0.3) is 0 Å². The van der Waals surface area contributed by atoms with Gasteiger partial charge in [-0.05, 0) is 12.8 Å². The highest BCUT2D eigenvalue weighted by molar-refractivity contribution is 5.83. The average Bonchev–Trinajstić information content (AvgIpc) is 2.00. The summed E-state index contributed by atoms with van der Waals surface area (Å²) in [5.74, 6) is 0.0442. The Kier molecular flexibility index (Phi) is 5.65. The molecule has 0 aliphatic carbocycles. The Hall–Kier alpha value is -0.700. The van der Waals surface area contributed by atoms with E-state index in [1.807, 2.05) is 6.92 Å². The summed E-state index contributed by atoms with van der Waals surface area (Å²) in [7, 11) is 0. The van der Waals surface area contributed by atoms with Crippen LogP contribution in [0, 0.1) is 0 Å². The molecule has 0 saturated carbocycles. The van der Waals surface area contributed by atoms with Crippen LogP contribution < -0.4 is 5.73 Å². The van der Waals surface area contributed by atoms with Gasteiger partial charge in [-0.25, -0.2) is 0 Å². The molecule has 0 saturated heterocycles. The minimum Gasteiger partial charge on any atom is -0.321 e. The minimum atomic E-state index is -0.462. The summed E-state index contributed by atoms with van der Waals surface area (Å²) in [6, 6.07) is -0.462. The highest BCUT2D eigenvalue weighted by Crippen LogP contribution is 1.98. The Morgan fingerprint density at radius 2 is 2.27 bits per heavy atom. The SMILES string of the molecule is CCCC(=O)C(N)CC[C]=O. The first-order valence-electron chi connectivity index (χ1n) is 3.85. The fourth-order valence-corrected chi connectivity index (χ4v) is 0.807. The van der Waals surface area contributed by atoms with Gasteiger partial charge in [-0.15, -0.1) is 0 Å². The van der Waals surface area contributed by atoms with Gasteiger partial charge in [0.05, 0.1) is 6.04 Å². The Bertz CT molecular complexity index is 134. The number of carbonyl (C=O) groups is 1. The average molecular weight is 156 g/mol. The van der Waals surface area contributed by atoms with Gasteiger partial charge < -0.3 is 5.73 Å². The van der Waals surface area contributed by atoms with Gasteiger partial charge in [0.15, 0.2) is 6.29 Å². The van der Waals surface area contributed by atoms with E-state index < -0.39 is 6.04 Å². The van der Waals surface area contributed by atoms with Crippen LogP contribution in [0.2, 0.25) is 0 Å². The van der Waals surface area contributed by atoms with E-state index in [9.17, 15) is 9.59 Å². The molecule has 0 heterocycles. The fraction of sp³-hybridized carbons (Fsp3) is 0.750. The van der Waals surface area contributed by atoms with Crippen LogP contribution in [0.1, 0.15) is 32.6 Å². The molecule has 0 aromatic rings. The van der Waals surface area contributed by atoms with Gasteiger partial charge in [0.1, 0.15) is 5.78 Å². The second-order valence-corrected chi connectivity index (χ2v) is 2.51. The molecule has 3 nitrogen and oxygen atoms in total. The molecule has 11 heavy (non-hydrogen) atoms. The number of hydrogen-bond acceptors (Lipinski definition) is 3. The predicted molar refractivity (Wildman–Crippen MR) is 42.8 cm³/mol. The van der Waals surface area contributed by atoms with Crippen LogP contribution in [-0.4, -0.2) is 18.1 Å². The van der Waals surface area contributed by atoms with Crippen LogP contribution in [0.25, 0.3) is 0 Å². The van der Waals surface area contributed by atoms with Crippen molar-refractivity contribution in [3.8, 4) is 0 Å². The van der Waals surface area contributed by atoms with Gasteiger partial charge in [-0.3, -0.25) is 9.59 Å². The summed E-state index contributed by atoms with van der Waals surface area (Å²) in [5.41, 5.74) is 5.46. The van der Waals surface area contributed by atoms with Crippen molar-refractivity contribution < 1.29 is 9.59 Å². The van der Waals surface area contributed by atoms with Gasteiger partial charge in [-0.1, -0.05) is 6.92 Å². The van der Waals surface area contributed by atoms with Crippen molar-refractivity contribution in [2.24, 2.45) is 5.73 Å². The molecule has 1 atom stereocenters. The lowest BCUT2D eigenvalue weighted by Gasteiger charge is -2.06. The lowest BCUT2D eigenvalue weighted by Crippen LogP contribution is -2.30. The van der Waals surface area contributed by atoms with Crippen LogP contribution in [0.5, 0.6) is 0 Å². The van der Waals surface area contributed by atoms with Crippen molar-refractivity contribution in [1.29, 1.82) is 0 Å². The van der Waals surface area contributed by atoms with E-state index in [2.05, 4.69) is 0 Å². The smallest absolute Gasteiger partial charge is 0.198 e. The molecular weight excluding hydrogens is 142 g/mol. The summed E-state index contributed by atoms with van der Waals surface area (Å²) < 4.78 is 0. The lowest BCUT2D eigenvalue weighted by atomic mass is 10.1. The van der Waals surface area contributed by atoms with Crippen molar-refractivity contribution in [2.75, 3.05) is 0 Å². The Morgan fingerprint density at radius 1 is 1.64 bits per heavy atom. The number of ketones is 1. The third kappa shape index (κ3) is 4.67. The van der Waals surface area contributed by atoms with Gasteiger partial charge in [0, 0.05) is 12.8 Å². The van der Waals surface area contributed by atoms with Crippen LogP contribution in [0.3, 0.4) is 0 Å². The molecule has 0 aliphatic rings. The first kappa shape index (κ1) is 10.3. The largest absolute Gasteiger partial charge is 0.321 e. The van der Waals surface area contributed by atoms with E-state index in [0.29, 0.717) is 12.8 Å². The molecule has 0 aromatic heterocycles.